The standard InChI is InChI=1S/C13H9ClN4S/c14-10-1-3-11(4-2-10)18-12(16-17-13(18)19)9-5-7-15-8-6-9/h1-8H,(H,17,19). The summed E-state index contributed by atoms with van der Waals surface area (Å²) < 4.78 is 1.86. The maximum atomic E-state index is 5.90. The summed E-state index contributed by atoms with van der Waals surface area (Å²) in [6.07, 6.45) is 3.43. The third-order valence-corrected chi connectivity index (χ3v) is 3.21. The van der Waals surface area contributed by atoms with Gasteiger partial charge in [-0.1, -0.05) is 11.6 Å². The van der Waals surface area contributed by atoms with Gasteiger partial charge in [-0.15, -0.1) is 22.8 Å². The number of hydrogen-bond donors (Lipinski definition) is 1. The van der Waals surface area contributed by atoms with Crippen molar-refractivity contribution in [3.8, 4) is 17.1 Å². The van der Waals surface area contributed by atoms with Crippen LogP contribution >= 0.6 is 24.2 Å². The number of hydrogen-bond acceptors (Lipinski definition) is 4. The Bertz CT molecular complexity index is 694. The second kappa shape index (κ2) is 5.03. The highest BCUT2D eigenvalue weighted by Gasteiger charge is 2.12. The Labute approximate surface area is 120 Å². The van der Waals surface area contributed by atoms with Crippen LogP contribution in [0.15, 0.2) is 53.9 Å². The molecule has 0 bridgehead atoms. The van der Waals surface area contributed by atoms with E-state index in [1.54, 1.807) is 12.4 Å². The van der Waals surface area contributed by atoms with Crippen LogP contribution in [0.1, 0.15) is 0 Å². The van der Waals surface area contributed by atoms with Crippen molar-refractivity contribution in [3.63, 3.8) is 0 Å². The monoisotopic (exact) mass is 288 g/mol. The average molecular weight is 289 g/mol. The molecule has 94 valence electrons. The van der Waals surface area contributed by atoms with Crippen molar-refractivity contribution < 1.29 is 0 Å². The van der Waals surface area contributed by atoms with Crippen molar-refractivity contribution in [2.24, 2.45) is 0 Å². The van der Waals surface area contributed by atoms with Crippen LogP contribution in [0.5, 0.6) is 0 Å². The van der Waals surface area contributed by atoms with E-state index in [1.165, 1.54) is 0 Å². The molecule has 4 nitrogen and oxygen atoms in total. The Kier molecular flexibility index (Phi) is 3.23. The van der Waals surface area contributed by atoms with Gasteiger partial charge in [0.05, 0.1) is 0 Å². The molecule has 2 heterocycles. The van der Waals surface area contributed by atoms with Crippen molar-refractivity contribution >= 4 is 24.2 Å². The molecule has 6 heteroatoms. The molecule has 0 fully saturated rings. The minimum absolute atomic E-state index is 0.522. The highest BCUT2D eigenvalue weighted by atomic mass is 35.5. The molecule has 0 N–H and O–H groups in total. The van der Waals surface area contributed by atoms with Crippen LogP contribution < -0.4 is 0 Å². The van der Waals surface area contributed by atoms with E-state index in [4.69, 9.17) is 11.6 Å². The lowest BCUT2D eigenvalue weighted by molar-refractivity contribution is 0.892. The second-order valence-electron chi connectivity index (χ2n) is 3.87. The lowest BCUT2D eigenvalue weighted by Gasteiger charge is -2.08. The molecule has 2 aromatic heterocycles. The average Bonchev–Trinajstić information content (AvgIpc) is 2.83. The molecular formula is C13H9ClN4S. The van der Waals surface area contributed by atoms with Gasteiger partial charge in [-0.25, -0.2) is 0 Å². The van der Waals surface area contributed by atoms with E-state index in [1.807, 2.05) is 41.0 Å². The number of nitrogens with zero attached hydrogens (tertiary/aromatic N) is 4. The van der Waals surface area contributed by atoms with Crippen LogP contribution in [-0.2, 0) is 0 Å². The fourth-order valence-corrected chi connectivity index (χ4v) is 2.17. The molecule has 0 spiro atoms. The Hall–Kier alpha value is -1.85. The first-order valence-electron chi connectivity index (χ1n) is 5.56. The van der Waals surface area contributed by atoms with Crippen LogP contribution in [-0.4, -0.2) is 19.7 Å². The smallest absolute Gasteiger partial charge is 0.193 e. The lowest BCUT2D eigenvalue weighted by Crippen LogP contribution is -1.98. The molecule has 0 atom stereocenters. The fraction of sp³-hybridized carbons (Fsp3) is 0. The maximum Gasteiger partial charge on any atom is 0.193 e. The Morgan fingerprint density at radius 2 is 1.63 bits per heavy atom. The van der Waals surface area contributed by atoms with Crippen molar-refractivity contribution in [2.75, 3.05) is 0 Å². The molecular weight excluding hydrogens is 280 g/mol. The summed E-state index contributed by atoms with van der Waals surface area (Å²) in [6, 6.07) is 11.2. The Morgan fingerprint density at radius 3 is 2.32 bits per heavy atom. The largest absolute Gasteiger partial charge is 0.270 e. The molecule has 0 saturated heterocycles. The molecule has 0 amide bonds. The van der Waals surface area contributed by atoms with E-state index in [0.717, 1.165) is 17.1 Å². The van der Waals surface area contributed by atoms with E-state index in [-0.39, 0.29) is 0 Å². The quantitative estimate of drug-likeness (QED) is 0.736. The molecule has 0 saturated carbocycles. The number of pyridine rings is 1. The van der Waals surface area contributed by atoms with Crippen molar-refractivity contribution in [1.82, 2.24) is 19.7 Å². The van der Waals surface area contributed by atoms with Gasteiger partial charge < -0.3 is 0 Å². The van der Waals surface area contributed by atoms with E-state index in [0.29, 0.717) is 10.2 Å². The van der Waals surface area contributed by atoms with E-state index < -0.39 is 0 Å². The van der Waals surface area contributed by atoms with Crippen molar-refractivity contribution in [3.05, 3.63) is 53.8 Å². The van der Waals surface area contributed by atoms with E-state index in [2.05, 4.69) is 27.8 Å². The van der Waals surface area contributed by atoms with Crippen LogP contribution in [0.4, 0.5) is 0 Å². The topological polar surface area (TPSA) is 43.6 Å². The van der Waals surface area contributed by atoms with Crippen LogP contribution in [0.3, 0.4) is 0 Å². The van der Waals surface area contributed by atoms with Gasteiger partial charge in [0.25, 0.3) is 0 Å². The Morgan fingerprint density at radius 1 is 0.947 bits per heavy atom. The lowest BCUT2D eigenvalue weighted by atomic mass is 10.2. The van der Waals surface area contributed by atoms with E-state index >= 15 is 0 Å². The number of aromatic nitrogens is 4. The van der Waals surface area contributed by atoms with Crippen LogP contribution in [0, 0.1) is 0 Å². The zero-order chi connectivity index (χ0) is 13.2. The van der Waals surface area contributed by atoms with Crippen LogP contribution in [0.2, 0.25) is 5.02 Å². The summed E-state index contributed by atoms with van der Waals surface area (Å²) in [5, 5.41) is 9.38. The number of halogens is 1. The molecule has 0 aliphatic carbocycles. The van der Waals surface area contributed by atoms with Gasteiger partial charge in [0.2, 0.25) is 0 Å². The van der Waals surface area contributed by atoms with E-state index in [9.17, 15) is 0 Å². The summed E-state index contributed by atoms with van der Waals surface area (Å²) in [7, 11) is 0. The Balaban J connectivity index is 2.17. The summed E-state index contributed by atoms with van der Waals surface area (Å²) in [5.41, 5.74) is 1.84. The molecule has 0 aliphatic heterocycles. The first-order chi connectivity index (χ1) is 9.25. The predicted molar refractivity (Wildman–Crippen MR) is 76.9 cm³/mol. The first kappa shape index (κ1) is 12.2. The maximum absolute atomic E-state index is 5.90. The van der Waals surface area contributed by atoms with Gasteiger partial charge in [-0.2, -0.15) is 0 Å². The first-order valence-corrected chi connectivity index (χ1v) is 6.39. The van der Waals surface area contributed by atoms with Gasteiger partial charge in [-0.3, -0.25) is 9.55 Å². The van der Waals surface area contributed by atoms with Crippen molar-refractivity contribution in [2.45, 2.75) is 5.16 Å². The summed E-state index contributed by atoms with van der Waals surface area (Å²) >= 11 is 10.2. The SMILES string of the molecule is Sc1nnc(-c2ccncc2)n1-c1ccc(Cl)cc1. The molecule has 3 rings (SSSR count). The highest BCUT2D eigenvalue weighted by Crippen LogP contribution is 2.24. The zero-order valence-electron chi connectivity index (χ0n) is 9.73. The van der Waals surface area contributed by atoms with Gasteiger partial charge in [0.15, 0.2) is 11.0 Å². The molecule has 0 radical (unpaired) electrons. The highest BCUT2D eigenvalue weighted by molar-refractivity contribution is 7.80. The van der Waals surface area contributed by atoms with Gasteiger partial charge in [0, 0.05) is 28.7 Å². The molecule has 0 aliphatic rings. The second-order valence-corrected chi connectivity index (χ2v) is 4.71. The zero-order valence-corrected chi connectivity index (χ0v) is 11.4. The number of thiol groups is 1. The van der Waals surface area contributed by atoms with Gasteiger partial charge in [0.1, 0.15) is 0 Å². The summed E-state index contributed by atoms with van der Waals surface area (Å²) in [4.78, 5) is 4.00. The molecule has 1 aromatic carbocycles. The fourth-order valence-electron chi connectivity index (χ4n) is 1.79. The summed E-state index contributed by atoms with van der Waals surface area (Å²) in [5.74, 6) is 0.717. The normalized spacial score (nSPS) is 10.6. The molecule has 0 unspecified atom stereocenters. The third kappa shape index (κ3) is 2.34. The minimum Gasteiger partial charge on any atom is -0.270 e. The molecule has 19 heavy (non-hydrogen) atoms. The minimum atomic E-state index is 0.522. The van der Waals surface area contributed by atoms with Gasteiger partial charge >= 0.3 is 0 Å². The van der Waals surface area contributed by atoms with Crippen molar-refractivity contribution in [1.29, 1.82) is 0 Å². The van der Waals surface area contributed by atoms with Gasteiger partial charge in [-0.05, 0) is 36.4 Å². The number of benzene rings is 1. The summed E-state index contributed by atoms with van der Waals surface area (Å²) in [6.45, 7) is 0. The molecule has 3 aromatic rings. The number of rotatable bonds is 2. The third-order valence-electron chi connectivity index (χ3n) is 2.67. The van der Waals surface area contributed by atoms with Crippen LogP contribution in [0.25, 0.3) is 17.1 Å². The predicted octanol–water partition coefficient (Wildman–Crippen LogP) is 3.27.